The van der Waals surface area contributed by atoms with Crippen LogP contribution >= 0.6 is 11.6 Å². The molecule has 3 rings (SSSR count). The van der Waals surface area contributed by atoms with E-state index in [0.29, 0.717) is 17.1 Å². The molecule has 0 atom stereocenters. The van der Waals surface area contributed by atoms with Gasteiger partial charge in [-0.05, 0) is 41.3 Å². The molecule has 0 saturated heterocycles. The van der Waals surface area contributed by atoms with E-state index in [-0.39, 0.29) is 0 Å². The minimum atomic E-state index is 0.470. The highest BCUT2D eigenvalue weighted by atomic mass is 35.5. The second-order valence-electron chi connectivity index (χ2n) is 4.56. The first kappa shape index (κ1) is 12.6. The lowest BCUT2D eigenvalue weighted by atomic mass is 10.1. The lowest BCUT2D eigenvalue weighted by molar-refractivity contribution is 1.15. The van der Waals surface area contributed by atoms with Crippen molar-refractivity contribution in [1.29, 1.82) is 5.26 Å². The highest BCUT2D eigenvalue weighted by Crippen LogP contribution is 2.21. The number of hydrogen-bond donors (Lipinski definition) is 2. The maximum atomic E-state index is 8.84. The van der Waals surface area contributed by atoms with Crippen molar-refractivity contribution in [3.05, 3.63) is 64.8 Å². The van der Waals surface area contributed by atoms with Crippen molar-refractivity contribution >= 4 is 28.2 Å². The van der Waals surface area contributed by atoms with E-state index in [1.54, 1.807) is 12.1 Å². The van der Waals surface area contributed by atoms with Gasteiger partial charge in [-0.15, -0.1) is 0 Å². The van der Waals surface area contributed by atoms with Crippen LogP contribution in [-0.2, 0) is 6.54 Å². The summed E-state index contributed by atoms with van der Waals surface area (Å²) in [5.41, 5.74) is 3.70. The highest BCUT2D eigenvalue weighted by molar-refractivity contribution is 6.32. The molecule has 2 N–H and O–H groups in total. The van der Waals surface area contributed by atoms with Crippen LogP contribution in [0.3, 0.4) is 0 Å². The van der Waals surface area contributed by atoms with Crippen LogP contribution in [0, 0.1) is 11.3 Å². The van der Waals surface area contributed by atoms with Crippen LogP contribution < -0.4 is 5.32 Å². The van der Waals surface area contributed by atoms with Crippen LogP contribution in [0.15, 0.2) is 48.7 Å². The van der Waals surface area contributed by atoms with E-state index >= 15 is 0 Å². The largest absolute Gasteiger partial charge is 0.381 e. The molecule has 0 radical (unpaired) electrons. The summed E-state index contributed by atoms with van der Waals surface area (Å²) in [6.07, 6.45) is 1.93. The van der Waals surface area contributed by atoms with E-state index in [2.05, 4.69) is 28.5 Å². The standard InChI is InChI=1S/C16H12ClN3/c17-15-8-14(4-3-13(15)9-18)20-10-11-1-2-12-5-6-19-16(12)7-11/h1-8,19-20H,10H2. The topological polar surface area (TPSA) is 51.6 Å². The molecular formula is C16H12ClN3. The van der Waals surface area contributed by atoms with Gasteiger partial charge < -0.3 is 10.3 Å². The number of H-pyrrole nitrogens is 1. The van der Waals surface area contributed by atoms with E-state index in [4.69, 9.17) is 16.9 Å². The van der Waals surface area contributed by atoms with Gasteiger partial charge in [0.1, 0.15) is 6.07 Å². The molecule has 0 saturated carbocycles. The second-order valence-corrected chi connectivity index (χ2v) is 4.97. The Labute approximate surface area is 121 Å². The van der Waals surface area contributed by atoms with E-state index in [1.807, 2.05) is 24.4 Å². The lowest BCUT2D eigenvalue weighted by Crippen LogP contribution is -1.99. The number of rotatable bonds is 3. The smallest absolute Gasteiger partial charge is 0.101 e. The molecule has 1 heterocycles. The first-order valence-corrected chi connectivity index (χ1v) is 6.63. The third kappa shape index (κ3) is 2.47. The van der Waals surface area contributed by atoms with Crippen molar-refractivity contribution in [2.45, 2.75) is 6.54 Å². The quantitative estimate of drug-likeness (QED) is 0.752. The van der Waals surface area contributed by atoms with Gasteiger partial charge in [0, 0.05) is 23.9 Å². The van der Waals surface area contributed by atoms with Crippen molar-refractivity contribution in [3.8, 4) is 6.07 Å². The number of nitrogens with one attached hydrogen (secondary N) is 2. The number of hydrogen-bond acceptors (Lipinski definition) is 2. The number of nitriles is 1. The molecule has 0 amide bonds. The van der Waals surface area contributed by atoms with Gasteiger partial charge in [-0.3, -0.25) is 0 Å². The molecule has 0 aliphatic carbocycles. The molecule has 0 aliphatic heterocycles. The van der Waals surface area contributed by atoms with Crippen LogP contribution in [0.1, 0.15) is 11.1 Å². The number of benzene rings is 2. The van der Waals surface area contributed by atoms with Crippen molar-refractivity contribution in [1.82, 2.24) is 4.98 Å². The molecule has 3 aromatic rings. The predicted octanol–water partition coefficient (Wildman–Crippen LogP) is 4.31. The van der Waals surface area contributed by atoms with Crippen molar-refractivity contribution < 1.29 is 0 Å². The average molecular weight is 282 g/mol. The Morgan fingerprint density at radius 3 is 2.85 bits per heavy atom. The maximum Gasteiger partial charge on any atom is 0.101 e. The molecule has 3 nitrogen and oxygen atoms in total. The molecule has 20 heavy (non-hydrogen) atoms. The molecular weight excluding hydrogens is 270 g/mol. The number of aromatic amines is 1. The van der Waals surface area contributed by atoms with Gasteiger partial charge >= 0.3 is 0 Å². The van der Waals surface area contributed by atoms with Gasteiger partial charge in [0.25, 0.3) is 0 Å². The third-order valence-corrected chi connectivity index (χ3v) is 3.52. The lowest BCUT2D eigenvalue weighted by Gasteiger charge is -2.07. The normalized spacial score (nSPS) is 10.4. The molecule has 2 aromatic carbocycles. The molecule has 0 spiro atoms. The molecule has 0 bridgehead atoms. The van der Waals surface area contributed by atoms with Crippen molar-refractivity contribution in [2.75, 3.05) is 5.32 Å². The van der Waals surface area contributed by atoms with E-state index in [0.717, 1.165) is 11.2 Å². The first-order valence-electron chi connectivity index (χ1n) is 6.26. The number of nitrogens with zero attached hydrogens (tertiary/aromatic N) is 1. The van der Waals surface area contributed by atoms with Crippen LogP contribution in [0.4, 0.5) is 5.69 Å². The highest BCUT2D eigenvalue weighted by Gasteiger charge is 2.02. The summed E-state index contributed by atoms with van der Waals surface area (Å²) in [6, 6.07) is 15.8. The Hall–Kier alpha value is -2.44. The van der Waals surface area contributed by atoms with Crippen LogP contribution in [0.2, 0.25) is 5.02 Å². The molecule has 98 valence electrons. The second kappa shape index (κ2) is 5.28. The molecule has 4 heteroatoms. The molecule has 0 unspecified atom stereocenters. The SMILES string of the molecule is N#Cc1ccc(NCc2ccc3cc[nH]c3c2)cc1Cl. The van der Waals surface area contributed by atoms with Crippen molar-refractivity contribution in [2.24, 2.45) is 0 Å². The Bertz CT molecular complexity index is 799. The Kier molecular flexibility index (Phi) is 3.32. The summed E-state index contributed by atoms with van der Waals surface area (Å²) in [5, 5.41) is 13.8. The predicted molar refractivity (Wildman–Crippen MR) is 81.8 cm³/mol. The Balaban J connectivity index is 1.75. The Morgan fingerprint density at radius 2 is 2.05 bits per heavy atom. The number of halogens is 1. The molecule has 0 aliphatic rings. The maximum absolute atomic E-state index is 8.84. The zero-order chi connectivity index (χ0) is 13.9. The van der Waals surface area contributed by atoms with E-state index in [9.17, 15) is 0 Å². The number of aromatic nitrogens is 1. The summed E-state index contributed by atoms with van der Waals surface area (Å²) in [5.74, 6) is 0. The number of anilines is 1. The van der Waals surface area contributed by atoms with E-state index in [1.165, 1.54) is 10.9 Å². The van der Waals surface area contributed by atoms with Gasteiger partial charge in [-0.25, -0.2) is 0 Å². The summed E-state index contributed by atoms with van der Waals surface area (Å²) >= 11 is 6.01. The van der Waals surface area contributed by atoms with Gasteiger partial charge in [0.05, 0.1) is 10.6 Å². The zero-order valence-corrected chi connectivity index (χ0v) is 11.4. The van der Waals surface area contributed by atoms with Gasteiger partial charge in [0.2, 0.25) is 0 Å². The fraction of sp³-hybridized carbons (Fsp3) is 0.0625. The van der Waals surface area contributed by atoms with Gasteiger partial charge in [0.15, 0.2) is 0 Å². The fourth-order valence-corrected chi connectivity index (χ4v) is 2.35. The average Bonchev–Trinajstić information content (AvgIpc) is 2.92. The van der Waals surface area contributed by atoms with Crippen molar-refractivity contribution in [3.63, 3.8) is 0 Å². The summed E-state index contributed by atoms with van der Waals surface area (Å²) < 4.78 is 0. The monoisotopic (exact) mass is 281 g/mol. The number of fused-ring (bicyclic) bond motifs is 1. The molecule has 0 fully saturated rings. The first-order chi connectivity index (χ1) is 9.76. The Morgan fingerprint density at radius 1 is 1.15 bits per heavy atom. The van der Waals surface area contributed by atoms with Crippen LogP contribution in [0.5, 0.6) is 0 Å². The minimum absolute atomic E-state index is 0.470. The summed E-state index contributed by atoms with van der Waals surface area (Å²) in [6.45, 7) is 0.706. The van der Waals surface area contributed by atoms with Crippen LogP contribution in [-0.4, -0.2) is 4.98 Å². The van der Waals surface area contributed by atoms with Gasteiger partial charge in [-0.1, -0.05) is 23.7 Å². The minimum Gasteiger partial charge on any atom is -0.381 e. The van der Waals surface area contributed by atoms with Crippen LogP contribution in [0.25, 0.3) is 10.9 Å². The molecule has 1 aromatic heterocycles. The van der Waals surface area contributed by atoms with Gasteiger partial charge in [-0.2, -0.15) is 5.26 Å². The zero-order valence-electron chi connectivity index (χ0n) is 10.7. The fourth-order valence-electron chi connectivity index (χ4n) is 2.12. The summed E-state index contributed by atoms with van der Waals surface area (Å²) in [7, 11) is 0. The van der Waals surface area contributed by atoms with E-state index < -0.39 is 0 Å². The summed E-state index contributed by atoms with van der Waals surface area (Å²) in [4.78, 5) is 3.20. The third-order valence-electron chi connectivity index (χ3n) is 3.21.